The van der Waals surface area contributed by atoms with Crippen LogP contribution in [0.3, 0.4) is 0 Å². The van der Waals surface area contributed by atoms with Gasteiger partial charge in [-0.3, -0.25) is 4.79 Å². The standard InChI is InChI=1S/C11H8FNO3/c1-16-10(14)5-2-7-6-8(12)3-4-9(7)11(13)15/h3-4,6H,1H3,(H2,13,15). The number of amides is 1. The zero-order valence-corrected chi connectivity index (χ0v) is 8.41. The summed E-state index contributed by atoms with van der Waals surface area (Å²) in [4.78, 5) is 21.7. The minimum absolute atomic E-state index is 0.0535. The number of primary amides is 1. The first kappa shape index (κ1) is 11.7. The van der Waals surface area contributed by atoms with Crippen molar-refractivity contribution >= 4 is 11.9 Å². The van der Waals surface area contributed by atoms with Gasteiger partial charge in [0.1, 0.15) is 5.82 Å². The van der Waals surface area contributed by atoms with Crippen molar-refractivity contribution < 1.29 is 18.7 Å². The Kier molecular flexibility index (Phi) is 3.62. The van der Waals surface area contributed by atoms with Gasteiger partial charge in [0.2, 0.25) is 5.91 Å². The van der Waals surface area contributed by atoms with E-state index >= 15 is 0 Å². The first-order valence-electron chi connectivity index (χ1n) is 4.24. The van der Waals surface area contributed by atoms with E-state index in [2.05, 4.69) is 16.6 Å². The van der Waals surface area contributed by atoms with E-state index < -0.39 is 17.7 Å². The molecule has 1 amide bonds. The smallest absolute Gasteiger partial charge is 0.384 e. The van der Waals surface area contributed by atoms with Crippen LogP contribution in [0.25, 0.3) is 0 Å². The molecule has 1 rings (SSSR count). The lowest BCUT2D eigenvalue weighted by molar-refractivity contribution is -0.133. The number of rotatable bonds is 1. The summed E-state index contributed by atoms with van der Waals surface area (Å²) < 4.78 is 17.2. The zero-order valence-electron chi connectivity index (χ0n) is 8.41. The third kappa shape index (κ3) is 2.82. The molecule has 0 aromatic heterocycles. The summed E-state index contributed by atoms with van der Waals surface area (Å²) in [5, 5.41) is 0. The third-order valence-electron chi connectivity index (χ3n) is 1.73. The second-order valence-electron chi connectivity index (χ2n) is 2.80. The van der Waals surface area contributed by atoms with E-state index in [1.165, 1.54) is 6.07 Å². The van der Waals surface area contributed by atoms with E-state index in [0.29, 0.717) is 0 Å². The van der Waals surface area contributed by atoms with E-state index in [1.54, 1.807) is 0 Å². The summed E-state index contributed by atoms with van der Waals surface area (Å²) >= 11 is 0. The van der Waals surface area contributed by atoms with E-state index in [0.717, 1.165) is 19.2 Å². The molecule has 1 aromatic carbocycles. The molecule has 0 bridgehead atoms. The van der Waals surface area contributed by atoms with Crippen LogP contribution in [-0.2, 0) is 9.53 Å². The maximum atomic E-state index is 12.9. The number of methoxy groups -OCH3 is 1. The van der Waals surface area contributed by atoms with Gasteiger partial charge in [-0.1, -0.05) is 5.92 Å². The summed E-state index contributed by atoms with van der Waals surface area (Å²) in [6, 6.07) is 3.32. The Morgan fingerprint density at radius 1 is 1.44 bits per heavy atom. The number of carbonyl (C=O) groups excluding carboxylic acids is 2. The van der Waals surface area contributed by atoms with Gasteiger partial charge in [-0.25, -0.2) is 9.18 Å². The van der Waals surface area contributed by atoms with Crippen LogP contribution in [0.2, 0.25) is 0 Å². The Labute approximate surface area is 91.2 Å². The lowest BCUT2D eigenvalue weighted by Gasteiger charge is -1.99. The Bertz CT molecular complexity index is 500. The van der Waals surface area contributed by atoms with Gasteiger partial charge in [-0.05, 0) is 18.2 Å². The molecule has 0 spiro atoms. The lowest BCUT2D eigenvalue weighted by atomic mass is 10.1. The minimum Gasteiger partial charge on any atom is -0.459 e. The van der Waals surface area contributed by atoms with E-state index in [4.69, 9.17) is 5.73 Å². The first-order valence-corrected chi connectivity index (χ1v) is 4.24. The van der Waals surface area contributed by atoms with Gasteiger partial charge in [-0.2, -0.15) is 0 Å². The third-order valence-corrected chi connectivity index (χ3v) is 1.73. The molecule has 0 aliphatic carbocycles. The highest BCUT2D eigenvalue weighted by molar-refractivity contribution is 5.96. The summed E-state index contributed by atoms with van der Waals surface area (Å²) in [7, 11) is 1.16. The molecule has 0 fully saturated rings. The van der Waals surface area contributed by atoms with Crippen LogP contribution in [0, 0.1) is 17.7 Å². The molecule has 2 N–H and O–H groups in total. The molecule has 0 heterocycles. The molecule has 4 nitrogen and oxygen atoms in total. The molecular weight excluding hydrogens is 213 g/mol. The average molecular weight is 221 g/mol. The van der Waals surface area contributed by atoms with Crippen LogP contribution in [0.1, 0.15) is 15.9 Å². The van der Waals surface area contributed by atoms with Gasteiger partial charge in [0.05, 0.1) is 12.7 Å². The number of hydrogen-bond acceptors (Lipinski definition) is 3. The number of carbonyl (C=O) groups is 2. The van der Waals surface area contributed by atoms with Crippen molar-refractivity contribution in [2.75, 3.05) is 7.11 Å². The Morgan fingerprint density at radius 2 is 2.12 bits per heavy atom. The SMILES string of the molecule is COC(=O)C#Cc1cc(F)ccc1C(N)=O. The van der Waals surface area contributed by atoms with Crippen molar-refractivity contribution in [2.24, 2.45) is 5.73 Å². The first-order chi connectivity index (χ1) is 7.54. The molecule has 16 heavy (non-hydrogen) atoms. The summed E-state index contributed by atoms with van der Waals surface area (Å²) in [6.07, 6.45) is 0. The Hall–Kier alpha value is -2.35. The largest absolute Gasteiger partial charge is 0.459 e. The molecule has 0 aliphatic heterocycles. The van der Waals surface area contributed by atoms with Gasteiger partial charge in [0.15, 0.2) is 0 Å². The van der Waals surface area contributed by atoms with Crippen LogP contribution in [-0.4, -0.2) is 19.0 Å². The van der Waals surface area contributed by atoms with E-state index in [1.807, 2.05) is 0 Å². The van der Waals surface area contributed by atoms with E-state index in [-0.39, 0.29) is 11.1 Å². The molecule has 0 atom stereocenters. The summed E-state index contributed by atoms with van der Waals surface area (Å²) in [5.74, 6) is 2.32. The predicted molar refractivity (Wildman–Crippen MR) is 53.8 cm³/mol. The number of esters is 1. The number of halogens is 1. The zero-order chi connectivity index (χ0) is 12.1. The second kappa shape index (κ2) is 4.94. The molecule has 0 unspecified atom stereocenters. The van der Waals surface area contributed by atoms with Crippen molar-refractivity contribution in [1.82, 2.24) is 0 Å². The van der Waals surface area contributed by atoms with Crippen molar-refractivity contribution in [1.29, 1.82) is 0 Å². The number of benzene rings is 1. The number of nitrogens with two attached hydrogens (primary N) is 1. The Morgan fingerprint density at radius 3 is 2.69 bits per heavy atom. The molecular formula is C11H8FNO3. The van der Waals surface area contributed by atoms with Crippen LogP contribution in [0.15, 0.2) is 18.2 Å². The Balaban J connectivity index is 3.19. The van der Waals surface area contributed by atoms with Gasteiger partial charge in [0.25, 0.3) is 0 Å². The highest BCUT2D eigenvalue weighted by atomic mass is 19.1. The number of ether oxygens (including phenoxy) is 1. The molecule has 0 radical (unpaired) electrons. The van der Waals surface area contributed by atoms with Crippen molar-refractivity contribution in [3.8, 4) is 11.8 Å². The van der Waals surface area contributed by atoms with E-state index in [9.17, 15) is 14.0 Å². The quantitative estimate of drug-likeness (QED) is 0.553. The molecule has 5 heteroatoms. The lowest BCUT2D eigenvalue weighted by Crippen LogP contribution is -2.13. The second-order valence-corrected chi connectivity index (χ2v) is 2.80. The van der Waals surface area contributed by atoms with Crippen LogP contribution in [0.5, 0.6) is 0 Å². The van der Waals surface area contributed by atoms with Gasteiger partial charge in [0, 0.05) is 11.5 Å². The van der Waals surface area contributed by atoms with Crippen LogP contribution < -0.4 is 5.73 Å². The fraction of sp³-hybridized carbons (Fsp3) is 0.0909. The maximum absolute atomic E-state index is 12.9. The fourth-order valence-electron chi connectivity index (χ4n) is 1.00. The normalized spacial score (nSPS) is 8.88. The van der Waals surface area contributed by atoms with Crippen LogP contribution >= 0.6 is 0 Å². The number of hydrogen-bond donors (Lipinski definition) is 1. The fourth-order valence-corrected chi connectivity index (χ4v) is 1.00. The topological polar surface area (TPSA) is 69.4 Å². The molecule has 82 valence electrons. The van der Waals surface area contributed by atoms with Crippen molar-refractivity contribution in [3.63, 3.8) is 0 Å². The summed E-state index contributed by atoms with van der Waals surface area (Å²) in [6.45, 7) is 0. The molecule has 0 saturated carbocycles. The van der Waals surface area contributed by atoms with Crippen molar-refractivity contribution in [2.45, 2.75) is 0 Å². The monoisotopic (exact) mass is 221 g/mol. The molecule has 0 aliphatic rings. The maximum Gasteiger partial charge on any atom is 0.384 e. The average Bonchev–Trinajstić information content (AvgIpc) is 2.25. The minimum atomic E-state index is -0.778. The van der Waals surface area contributed by atoms with Gasteiger partial charge < -0.3 is 10.5 Å². The van der Waals surface area contributed by atoms with Gasteiger partial charge in [-0.15, -0.1) is 0 Å². The van der Waals surface area contributed by atoms with Crippen LogP contribution in [0.4, 0.5) is 4.39 Å². The predicted octanol–water partition coefficient (Wildman–Crippen LogP) is 0.449. The van der Waals surface area contributed by atoms with Crippen molar-refractivity contribution in [3.05, 3.63) is 35.1 Å². The molecule has 1 aromatic rings. The highest BCUT2D eigenvalue weighted by Crippen LogP contribution is 2.09. The molecule has 0 saturated heterocycles. The van der Waals surface area contributed by atoms with Gasteiger partial charge >= 0.3 is 5.97 Å². The highest BCUT2D eigenvalue weighted by Gasteiger charge is 2.07. The summed E-state index contributed by atoms with van der Waals surface area (Å²) in [5.41, 5.74) is 5.17.